The Hall–Kier alpha value is -3.24. The molecule has 0 radical (unpaired) electrons. The van der Waals surface area contributed by atoms with E-state index in [9.17, 15) is 22.8 Å². The molecule has 2 aromatic rings. The van der Waals surface area contributed by atoms with Crippen molar-refractivity contribution in [1.82, 2.24) is 20.1 Å². The molecule has 1 aliphatic heterocycles. The molecule has 182 valence electrons. The summed E-state index contributed by atoms with van der Waals surface area (Å²) in [4.78, 5) is 39.2. The van der Waals surface area contributed by atoms with Crippen LogP contribution < -0.4 is 10.9 Å². The van der Waals surface area contributed by atoms with Crippen molar-refractivity contribution in [3.63, 3.8) is 0 Å². The number of hydrogen-bond acceptors (Lipinski definition) is 5. The van der Waals surface area contributed by atoms with Crippen molar-refractivity contribution in [1.29, 1.82) is 0 Å². The number of rotatable bonds is 6. The maximum Gasteiger partial charge on any atom is 0.254 e. The van der Waals surface area contributed by atoms with Crippen molar-refractivity contribution >= 4 is 27.7 Å². The Morgan fingerprint density at radius 1 is 0.971 bits per heavy atom. The number of nitrogens with zero attached hydrogens (tertiary/aromatic N) is 2. The number of nitrogens with one attached hydrogen (secondary N) is 2. The van der Waals surface area contributed by atoms with E-state index in [0.29, 0.717) is 31.5 Å². The zero-order valence-electron chi connectivity index (χ0n) is 19.6. The van der Waals surface area contributed by atoms with Gasteiger partial charge in [0.15, 0.2) is 0 Å². The van der Waals surface area contributed by atoms with Crippen LogP contribution in [-0.4, -0.2) is 62.0 Å². The van der Waals surface area contributed by atoms with Crippen LogP contribution in [0.4, 0.5) is 0 Å². The van der Waals surface area contributed by atoms with Crippen LogP contribution in [0.1, 0.15) is 34.3 Å². The van der Waals surface area contributed by atoms with E-state index < -0.39 is 22.5 Å². The van der Waals surface area contributed by atoms with Crippen LogP contribution >= 0.6 is 0 Å². The molecule has 1 fully saturated rings. The van der Waals surface area contributed by atoms with Crippen LogP contribution in [0.15, 0.2) is 53.4 Å². The van der Waals surface area contributed by atoms with Gasteiger partial charge >= 0.3 is 0 Å². The summed E-state index contributed by atoms with van der Waals surface area (Å²) in [6.07, 6.45) is 0.946. The molecule has 1 saturated heterocycles. The molecule has 3 amide bonds. The lowest BCUT2D eigenvalue weighted by Crippen LogP contribution is -2.50. The SMILES string of the molecule is Cc1ccc(S(=O)(=O)N(C)CC(=O)NNC(=O)C2CCN(C(=O)c3ccccc3C)CC2)cc1. The summed E-state index contributed by atoms with van der Waals surface area (Å²) >= 11 is 0. The average Bonchev–Trinajstić information content (AvgIpc) is 2.82. The summed E-state index contributed by atoms with van der Waals surface area (Å²) in [6.45, 7) is 4.18. The molecule has 0 aliphatic carbocycles. The van der Waals surface area contributed by atoms with Crippen LogP contribution in [0.5, 0.6) is 0 Å². The number of amides is 3. The number of likely N-dealkylation sites (N-methyl/N-ethyl adjacent to an activating group) is 1. The van der Waals surface area contributed by atoms with Gasteiger partial charge in [0.1, 0.15) is 0 Å². The van der Waals surface area contributed by atoms with E-state index in [4.69, 9.17) is 0 Å². The molecular formula is C24H30N4O5S. The first-order valence-electron chi connectivity index (χ1n) is 11.1. The van der Waals surface area contributed by atoms with Gasteiger partial charge in [-0.05, 0) is 50.5 Å². The van der Waals surface area contributed by atoms with Crippen molar-refractivity contribution in [2.45, 2.75) is 31.6 Å². The van der Waals surface area contributed by atoms with Crippen LogP contribution in [0.2, 0.25) is 0 Å². The van der Waals surface area contributed by atoms with Gasteiger partial charge in [0.25, 0.3) is 11.8 Å². The second-order valence-corrected chi connectivity index (χ2v) is 10.5. The smallest absolute Gasteiger partial charge is 0.254 e. The topological polar surface area (TPSA) is 116 Å². The van der Waals surface area contributed by atoms with Gasteiger partial charge in [0, 0.05) is 31.6 Å². The Morgan fingerprint density at radius 2 is 1.59 bits per heavy atom. The highest BCUT2D eigenvalue weighted by atomic mass is 32.2. The third kappa shape index (κ3) is 6.00. The Balaban J connectivity index is 1.46. The van der Waals surface area contributed by atoms with Gasteiger partial charge in [0.05, 0.1) is 11.4 Å². The van der Waals surface area contributed by atoms with Crippen LogP contribution in [0, 0.1) is 19.8 Å². The summed E-state index contributed by atoms with van der Waals surface area (Å²) in [5, 5.41) is 0. The highest BCUT2D eigenvalue weighted by Gasteiger charge is 2.29. The maximum absolute atomic E-state index is 12.7. The van der Waals surface area contributed by atoms with Gasteiger partial charge in [-0.15, -0.1) is 0 Å². The highest BCUT2D eigenvalue weighted by Crippen LogP contribution is 2.20. The lowest BCUT2D eigenvalue weighted by Gasteiger charge is -2.31. The Bertz CT molecular complexity index is 1160. The van der Waals surface area contributed by atoms with Crippen molar-refractivity contribution < 1.29 is 22.8 Å². The van der Waals surface area contributed by atoms with Crippen LogP contribution in [0.25, 0.3) is 0 Å². The molecule has 0 aromatic heterocycles. The summed E-state index contributed by atoms with van der Waals surface area (Å²) in [5.41, 5.74) is 7.15. The number of benzene rings is 2. The standard InChI is InChI=1S/C24H30N4O5S/c1-17-8-10-20(11-9-17)34(32,33)27(3)16-22(29)25-26-23(30)19-12-14-28(15-13-19)24(31)21-7-5-4-6-18(21)2/h4-11,19H,12-16H2,1-3H3,(H,25,29)(H,26,30). The predicted octanol–water partition coefficient (Wildman–Crippen LogP) is 1.62. The Kier molecular flexibility index (Phi) is 8.06. The first-order valence-corrected chi connectivity index (χ1v) is 12.5. The lowest BCUT2D eigenvalue weighted by atomic mass is 9.95. The van der Waals surface area contributed by atoms with E-state index in [2.05, 4.69) is 10.9 Å². The zero-order valence-corrected chi connectivity index (χ0v) is 20.4. The summed E-state index contributed by atoms with van der Waals surface area (Å²) < 4.78 is 26.1. The fraction of sp³-hybridized carbons (Fsp3) is 0.375. The van der Waals surface area contributed by atoms with E-state index >= 15 is 0 Å². The number of sulfonamides is 1. The minimum absolute atomic E-state index is 0.0527. The van der Waals surface area contributed by atoms with Crippen LogP contribution in [0.3, 0.4) is 0 Å². The first kappa shape index (κ1) is 25.4. The lowest BCUT2D eigenvalue weighted by molar-refractivity contribution is -0.132. The molecule has 34 heavy (non-hydrogen) atoms. The molecule has 10 heteroatoms. The summed E-state index contributed by atoms with van der Waals surface area (Å²) in [5.74, 6) is -1.42. The molecule has 9 nitrogen and oxygen atoms in total. The number of carbonyl (C=O) groups excluding carboxylic acids is 3. The van der Waals surface area contributed by atoms with Crippen molar-refractivity contribution in [3.05, 3.63) is 65.2 Å². The molecule has 1 heterocycles. The first-order chi connectivity index (χ1) is 16.1. The molecule has 2 aromatic carbocycles. The van der Waals surface area contributed by atoms with Gasteiger partial charge in [-0.3, -0.25) is 25.2 Å². The molecule has 0 bridgehead atoms. The molecule has 0 atom stereocenters. The van der Waals surface area contributed by atoms with E-state index in [0.717, 1.165) is 15.4 Å². The number of likely N-dealkylation sites (tertiary alicyclic amines) is 1. The third-order valence-corrected chi connectivity index (χ3v) is 7.77. The van der Waals surface area contributed by atoms with Crippen molar-refractivity contribution in [2.24, 2.45) is 5.92 Å². The number of hydrazine groups is 1. The average molecular weight is 487 g/mol. The summed E-state index contributed by atoms with van der Waals surface area (Å²) in [7, 11) is -2.52. The molecule has 0 spiro atoms. The van der Waals surface area contributed by atoms with Gasteiger partial charge in [-0.1, -0.05) is 35.9 Å². The molecule has 0 saturated carbocycles. The second kappa shape index (κ2) is 10.8. The number of piperidine rings is 1. The fourth-order valence-electron chi connectivity index (χ4n) is 3.78. The number of hydrogen-bond donors (Lipinski definition) is 2. The number of carbonyl (C=O) groups is 3. The normalized spacial score (nSPS) is 14.6. The largest absolute Gasteiger partial charge is 0.339 e. The van der Waals surface area contributed by atoms with Gasteiger partial charge in [-0.2, -0.15) is 4.31 Å². The summed E-state index contributed by atoms with van der Waals surface area (Å²) in [6, 6.07) is 13.7. The van der Waals surface area contributed by atoms with Crippen molar-refractivity contribution in [2.75, 3.05) is 26.7 Å². The molecule has 0 unspecified atom stereocenters. The monoisotopic (exact) mass is 486 g/mol. The quantitative estimate of drug-likeness (QED) is 0.602. The van der Waals surface area contributed by atoms with Crippen LogP contribution in [-0.2, 0) is 19.6 Å². The molecular weight excluding hydrogens is 456 g/mol. The van der Waals surface area contributed by atoms with Gasteiger partial charge in [-0.25, -0.2) is 8.42 Å². The molecule has 2 N–H and O–H groups in total. The van der Waals surface area contributed by atoms with E-state index in [-0.39, 0.29) is 22.6 Å². The zero-order chi connectivity index (χ0) is 24.9. The minimum Gasteiger partial charge on any atom is -0.339 e. The minimum atomic E-state index is -3.83. The maximum atomic E-state index is 12.7. The van der Waals surface area contributed by atoms with E-state index in [1.54, 1.807) is 23.1 Å². The van der Waals surface area contributed by atoms with Gasteiger partial charge < -0.3 is 4.90 Å². The fourth-order valence-corrected chi connectivity index (χ4v) is 4.91. The predicted molar refractivity (Wildman–Crippen MR) is 127 cm³/mol. The van der Waals surface area contributed by atoms with Crippen molar-refractivity contribution in [3.8, 4) is 0 Å². The Labute approximate surface area is 200 Å². The molecule has 3 rings (SSSR count). The third-order valence-electron chi connectivity index (χ3n) is 5.95. The Morgan fingerprint density at radius 3 is 2.21 bits per heavy atom. The van der Waals surface area contributed by atoms with E-state index in [1.165, 1.54) is 19.2 Å². The number of aryl methyl sites for hydroxylation is 2. The molecule has 1 aliphatic rings. The highest BCUT2D eigenvalue weighted by molar-refractivity contribution is 7.89. The second-order valence-electron chi connectivity index (χ2n) is 8.49. The van der Waals surface area contributed by atoms with Gasteiger partial charge in [0.2, 0.25) is 15.9 Å². The van der Waals surface area contributed by atoms with E-state index in [1.807, 2.05) is 32.0 Å².